The second-order valence-corrected chi connectivity index (χ2v) is 6.36. The number of benzene rings is 1. The second-order valence-electron chi connectivity index (χ2n) is 6.36. The van der Waals surface area contributed by atoms with Crippen LogP contribution in [0.4, 0.5) is 5.69 Å². The van der Waals surface area contributed by atoms with Crippen LogP contribution in [0.25, 0.3) is 11.0 Å². The monoisotopic (exact) mass is 291 g/mol. The van der Waals surface area contributed by atoms with Crippen LogP contribution in [0, 0.1) is 0 Å². The van der Waals surface area contributed by atoms with Gasteiger partial charge in [-0.3, -0.25) is 0 Å². The van der Waals surface area contributed by atoms with E-state index >= 15 is 0 Å². The summed E-state index contributed by atoms with van der Waals surface area (Å²) in [7, 11) is 3.39. The van der Waals surface area contributed by atoms with E-state index in [2.05, 4.69) is 25.3 Å². The fraction of sp³-hybridized carbons (Fsp3) is 0.562. The van der Waals surface area contributed by atoms with E-state index in [0.29, 0.717) is 13.2 Å². The number of imidazole rings is 1. The van der Waals surface area contributed by atoms with Gasteiger partial charge in [-0.2, -0.15) is 0 Å². The van der Waals surface area contributed by atoms with Gasteiger partial charge in [-0.1, -0.05) is 20.8 Å². The smallest absolute Gasteiger partial charge is 0.115 e. The molecule has 1 aromatic carbocycles. The third kappa shape index (κ3) is 3.36. The molecule has 0 saturated carbocycles. The Morgan fingerprint density at radius 2 is 2.00 bits per heavy atom. The van der Waals surface area contributed by atoms with Crippen molar-refractivity contribution < 1.29 is 9.47 Å². The molecular formula is C16H25N3O2. The number of fused-ring (bicyclic) bond motifs is 1. The fourth-order valence-electron chi connectivity index (χ4n) is 2.49. The molecule has 0 bridgehead atoms. The van der Waals surface area contributed by atoms with E-state index in [0.717, 1.165) is 22.5 Å². The molecule has 116 valence electrons. The van der Waals surface area contributed by atoms with Crippen molar-refractivity contribution in [1.29, 1.82) is 0 Å². The molecule has 1 aromatic heterocycles. The summed E-state index contributed by atoms with van der Waals surface area (Å²) < 4.78 is 12.9. The Hall–Kier alpha value is -1.59. The molecule has 0 saturated heterocycles. The maximum atomic E-state index is 5.87. The lowest BCUT2D eigenvalue weighted by atomic mass is 9.95. The van der Waals surface area contributed by atoms with E-state index in [1.165, 1.54) is 0 Å². The van der Waals surface area contributed by atoms with Gasteiger partial charge in [0, 0.05) is 25.3 Å². The number of methoxy groups -OCH3 is 2. The van der Waals surface area contributed by atoms with Crippen molar-refractivity contribution in [1.82, 2.24) is 9.55 Å². The van der Waals surface area contributed by atoms with E-state index in [4.69, 9.17) is 20.2 Å². The minimum Gasteiger partial charge on any atom is -0.399 e. The van der Waals surface area contributed by atoms with Gasteiger partial charge in [-0.15, -0.1) is 0 Å². The average molecular weight is 291 g/mol. The number of hydrogen-bond donors (Lipinski definition) is 1. The van der Waals surface area contributed by atoms with Crippen molar-refractivity contribution in [3.63, 3.8) is 0 Å². The maximum Gasteiger partial charge on any atom is 0.115 e. The van der Waals surface area contributed by atoms with Crippen LogP contribution in [-0.4, -0.2) is 36.5 Å². The largest absolute Gasteiger partial charge is 0.399 e. The highest BCUT2D eigenvalue weighted by molar-refractivity contribution is 5.80. The number of nitrogen functional groups attached to an aromatic ring is 1. The Kier molecular flexibility index (Phi) is 4.54. The van der Waals surface area contributed by atoms with Gasteiger partial charge in [0.05, 0.1) is 30.3 Å². The van der Waals surface area contributed by atoms with Gasteiger partial charge < -0.3 is 19.8 Å². The second kappa shape index (κ2) is 6.03. The van der Waals surface area contributed by atoms with Gasteiger partial charge in [0.2, 0.25) is 0 Å². The van der Waals surface area contributed by atoms with Gasteiger partial charge in [-0.05, 0) is 18.2 Å². The molecule has 0 fully saturated rings. The predicted molar refractivity (Wildman–Crippen MR) is 85.5 cm³/mol. The highest BCUT2D eigenvalue weighted by atomic mass is 16.5. The van der Waals surface area contributed by atoms with Crippen LogP contribution in [0.3, 0.4) is 0 Å². The third-order valence-electron chi connectivity index (χ3n) is 3.52. The van der Waals surface area contributed by atoms with Crippen LogP contribution < -0.4 is 5.73 Å². The predicted octanol–water partition coefficient (Wildman–Crippen LogP) is 2.58. The summed E-state index contributed by atoms with van der Waals surface area (Å²) in [5.41, 5.74) is 8.55. The first-order valence-corrected chi connectivity index (χ1v) is 7.14. The number of aromatic nitrogens is 2. The summed E-state index contributed by atoms with van der Waals surface area (Å²) in [6.07, 6.45) is -0.00828. The van der Waals surface area contributed by atoms with E-state index in [9.17, 15) is 0 Å². The molecule has 5 nitrogen and oxygen atoms in total. The molecule has 2 N–H and O–H groups in total. The van der Waals surface area contributed by atoms with Crippen LogP contribution in [-0.2, 0) is 21.4 Å². The first-order chi connectivity index (χ1) is 9.86. The molecule has 0 aliphatic heterocycles. The Balaban J connectivity index is 2.52. The van der Waals surface area contributed by atoms with Crippen molar-refractivity contribution in [2.24, 2.45) is 0 Å². The third-order valence-corrected chi connectivity index (χ3v) is 3.52. The Morgan fingerprint density at radius 1 is 1.29 bits per heavy atom. The normalized spacial score (nSPS) is 13.8. The van der Waals surface area contributed by atoms with Crippen molar-refractivity contribution in [3.05, 3.63) is 24.0 Å². The zero-order valence-electron chi connectivity index (χ0n) is 13.5. The first kappa shape index (κ1) is 15.8. The summed E-state index contributed by atoms with van der Waals surface area (Å²) in [6, 6.07) is 5.84. The number of hydrogen-bond acceptors (Lipinski definition) is 4. The Bertz CT molecular complexity index is 614. The van der Waals surface area contributed by atoms with E-state index in [1.54, 1.807) is 14.2 Å². The van der Waals surface area contributed by atoms with Crippen molar-refractivity contribution >= 4 is 16.7 Å². The number of rotatable bonds is 5. The molecule has 0 aliphatic carbocycles. The molecule has 2 aromatic rings. The van der Waals surface area contributed by atoms with Crippen LogP contribution in [0.15, 0.2) is 18.2 Å². The molecule has 21 heavy (non-hydrogen) atoms. The van der Waals surface area contributed by atoms with Gasteiger partial charge in [-0.25, -0.2) is 4.98 Å². The molecule has 0 spiro atoms. The number of nitrogens with two attached hydrogens (primary N) is 1. The van der Waals surface area contributed by atoms with Crippen molar-refractivity contribution in [3.8, 4) is 0 Å². The molecule has 5 heteroatoms. The quantitative estimate of drug-likeness (QED) is 0.860. The highest BCUT2D eigenvalue weighted by Gasteiger charge is 2.24. The van der Waals surface area contributed by atoms with Crippen LogP contribution in [0.2, 0.25) is 0 Å². The van der Waals surface area contributed by atoms with Crippen molar-refractivity contribution in [2.75, 3.05) is 26.6 Å². The lowest BCUT2D eigenvalue weighted by Crippen LogP contribution is -2.27. The zero-order valence-corrected chi connectivity index (χ0v) is 13.5. The van der Waals surface area contributed by atoms with Gasteiger partial charge in [0.1, 0.15) is 5.82 Å². The fourth-order valence-corrected chi connectivity index (χ4v) is 2.49. The molecule has 0 radical (unpaired) electrons. The van der Waals surface area contributed by atoms with Crippen LogP contribution in [0.1, 0.15) is 26.6 Å². The van der Waals surface area contributed by atoms with Gasteiger partial charge in [0.25, 0.3) is 0 Å². The van der Waals surface area contributed by atoms with Crippen molar-refractivity contribution in [2.45, 2.75) is 38.8 Å². The van der Waals surface area contributed by atoms with E-state index in [-0.39, 0.29) is 11.5 Å². The summed E-state index contributed by atoms with van der Waals surface area (Å²) in [6.45, 7) is 7.73. The summed E-state index contributed by atoms with van der Waals surface area (Å²) in [4.78, 5) is 4.78. The molecule has 0 aliphatic rings. The van der Waals surface area contributed by atoms with Crippen LogP contribution in [0.5, 0.6) is 0 Å². The molecule has 0 amide bonds. The van der Waals surface area contributed by atoms with Crippen LogP contribution >= 0.6 is 0 Å². The number of ether oxygens (including phenoxy) is 2. The lowest BCUT2D eigenvalue weighted by molar-refractivity contribution is 0.0182. The summed E-state index contributed by atoms with van der Waals surface area (Å²) >= 11 is 0. The summed E-state index contributed by atoms with van der Waals surface area (Å²) in [5, 5.41) is 0. The molecule has 2 rings (SSSR count). The lowest BCUT2D eigenvalue weighted by Gasteiger charge is -2.23. The SMILES string of the molecule is COCC(Cn1c(C(C)(C)C)nc2cc(N)ccc21)OC. The summed E-state index contributed by atoms with van der Waals surface area (Å²) in [5.74, 6) is 1.03. The van der Waals surface area contributed by atoms with Gasteiger partial charge in [0.15, 0.2) is 0 Å². The topological polar surface area (TPSA) is 62.3 Å². The Morgan fingerprint density at radius 3 is 2.57 bits per heavy atom. The molecule has 1 atom stereocenters. The minimum atomic E-state index is -0.0564. The van der Waals surface area contributed by atoms with E-state index in [1.807, 2.05) is 18.2 Å². The number of anilines is 1. The Labute approximate surface area is 126 Å². The van der Waals surface area contributed by atoms with E-state index < -0.39 is 0 Å². The number of nitrogens with zero attached hydrogens (tertiary/aromatic N) is 2. The van der Waals surface area contributed by atoms with Gasteiger partial charge >= 0.3 is 0 Å². The minimum absolute atomic E-state index is 0.00828. The first-order valence-electron chi connectivity index (χ1n) is 7.14. The zero-order chi connectivity index (χ0) is 15.6. The molecule has 1 unspecified atom stereocenters. The standard InChI is InChI=1S/C16H25N3O2/c1-16(2,3)15-18-13-8-11(17)6-7-14(13)19(15)9-12(21-5)10-20-4/h6-8,12H,9-10,17H2,1-5H3. The highest BCUT2D eigenvalue weighted by Crippen LogP contribution is 2.28. The molecule has 1 heterocycles. The maximum absolute atomic E-state index is 5.87. The molecular weight excluding hydrogens is 266 g/mol. The average Bonchev–Trinajstić information content (AvgIpc) is 2.76.